The Morgan fingerprint density at radius 3 is 2.47 bits per heavy atom. The van der Waals surface area contributed by atoms with Gasteiger partial charge >= 0.3 is 5.97 Å². The minimum Gasteiger partial charge on any atom is -0.466 e. The second-order valence-corrected chi connectivity index (χ2v) is 9.92. The summed E-state index contributed by atoms with van der Waals surface area (Å²) in [7, 11) is 1.59. The second-order valence-electron chi connectivity index (χ2n) is 8.62. The van der Waals surface area contributed by atoms with E-state index < -0.39 is 23.7 Å². The minimum atomic E-state index is -0.638. The van der Waals surface area contributed by atoms with Crippen molar-refractivity contribution in [3.63, 3.8) is 0 Å². The molecule has 0 aromatic heterocycles. The fourth-order valence-electron chi connectivity index (χ4n) is 3.28. The van der Waals surface area contributed by atoms with Crippen LogP contribution in [0.15, 0.2) is 46.9 Å². The number of esters is 1. The maximum absolute atomic E-state index is 12.8. The Morgan fingerprint density at radius 1 is 1.15 bits per heavy atom. The van der Waals surface area contributed by atoms with Crippen LogP contribution in [0.1, 0.15) is 50.4 Å². The highest BCUT2D eigenvalue weighted by Gasteiger charge is 2.28. The first-order chi connectivity index (χ1) is 16.1. The van der Waals surface area contributed by atoms with Gasteiger partial charge in [0.05, 0.1) is 36.8 Å². The zero-order valence-corrected chi connectivity index (χ0v) is 22.3. The Morgan fingerprint density at radius 2 is 1.85 bits per heavy atom. The number of aliphatic hydroxyl groups excluding tert-OH is 1. The van der Waals surface area contributed by atoms with Gasteiger partial charge in [0.2, 0.25) is 0 Å². The molecular weight excluding hydrogens is 526 g/mol. The van der Waals surface area contributed by atoms with Gasteiger partial charge in [-0.05, 0) is 54.4 Å². The van der Waals surface area contributed by atoms with Gasteiger partial charge in [0.1, 0.15) is 11.4 Å². The lowest BCUT2D eigenvalue weighted by Gasteiger charge is -2.28. The lowest BCUT2D eigenvalue weighted by Crippen LogP contribution is -2.33. The summed E-state index contributed by atoms with van der Waals surface area (Å²) in [5.74, 6) is 0.0840. The summed E-state index contributed by atoms with van der Waals surface area (Å²) < 4.78 is 22.5. The van der Waals surface area contributed by atoms with Crippen molar-refractivity contribution in [3.8, 4) is 5.75 Å². The molecule has 0 saturated heterocycles. The van der Waals surface area contributed by atoms with Crippen molar-refractivity contribution >= 4 is 33.5 Å². The van der Waals surface area contributed by atoms with E-state index in [1.165, 1.54) is 0 Å². The van der Waals surface area contributed by atoms with Crippen LogP contribution in [-0.2, 0) is 19.0 Å². The van der Waals surface area contributed by atoms with Crippen LogP contribution in [0.5, 0.6) is 5.75 Å². The second kappa shape index (κ2) is 14.0. The Balaban J connectivity index is 2.39. The average molecular weight is 559 g/mol. The number of carbonyl (C=O) groups is 1. The van der Waals surface area contributed by atoms with E-state index in [0.29, 0.717) is 34.0 Å². The van der Waals surface area contributed by atoms with Crippen LogP contribution in [0.25, 0.3) is 0 Å². The highest BCUT2D eigenvalue weighted by atomic mass is 79.9. The number of benzene rings is 2. The third-order valence-corrected chi connectivity index (χ3v) is 5.52. The Labute approximate surface area is 214 Å². The van der Waals surface area contributed by atoms with Crippen LogP contribution in [0.4, 0.5) is 0 Å². The van der Waals surface area contributed by atoms with E-state index in [0.717, 1.165) is 5.56 Å². The molecule has 0 radical (unpaired) electrons. The normalized spacial score (nSPS) is 13.4. The van der Waals surface area contributed by atoms with Gasteiger partial charge in [0.25, 0.3) is 0 Å². The molecule has 0 fully saturated rings. The van der Waals surface area contributed by atoms with Gasteiger partial charge in [-0.25, -0.2) is 0 Å². The summed E-state index contributed by atoms with van der Waals surface area (Å²) in [6.07, 6.45) is -0.00568. The van der Waals surface area contributed by atoms with Crippen LogP contribution in [0.3, 0.4) is 0 Å². The van der Waals surface area contributed by atoms with Crippen LogP contribution in [0, 0.1) is 0 Å². The van der Waals surface area contributed by atoms with E-state index in [-0.39, 0.29) is 19.8 Å². The molecule has 2 atom stereocenters. The number of ether oxygens (including phenoxy) is 4. The van der Waals surface area contributed by atoms with E-state index in [2.05, 4.69) is 21.2 Å². The standard InChI is InChI=1S/C25H33BrClNO6/c1-25(2,3)34-23(30)14-21(28-22(15-29)17-8-6-5-7-9-17)19-12-18(27)13-20(26)24(19)33-16-32-11-10-31-4/h5-9,12-13,21-22,28-29H,10-11,14-16H2,1-4H3. The third-order valence-electron chi connectivity index (χ3n) is 4.71. The molecule has 0 aliphatic rings. The molecule has 34 heavy (non-hydrogen) atoms. The monoisotopic (exact) mass is 557 g/mol. The van der Waals surface area contributed by atoms with Crippen molar-refractivity contribution in [1.82, 2.24) is 5.32 Å². The van der Waals surface area contributed by atoms with Gasteiger partial charge in [0.15, 0.2) is 6.79 Å². The topological polar surface area (TPSA) is 86.3 Å². The van der Waals surface area contributed by atoms with Gasteiger partial charge in [-0.1, -0.05) is 41.9 Å². The molecule has 0 aliphatic carbocycles. The summed E-state index contributed by atoms with van der Waals surface area (Å²) in [4.78, 5) is 12.8. The van der Waals surface area contributed by atoms with Crippen LogP contribution in [0.2, 0.25) is 5.02 Å². The van der Waals surface area contributed by atoms with Crippen molar-refractivity contribution in [3.05, 3.63) is 63.1 Å². The number of hydrogen-bond donors (Lipinski definition) is 2. The smallest absolute Gasteiger partial charge is 0.308 e. The first-order valence-corrected chi connectivity index (χ1v) is 12.1. The van der Waals surface area contributed by atoms with E-state index in [9.17, 15) is 9.90 Å². The van der Waals surface area contributed by atoms with Crippen LogP contribution in [-0.4, -0.2) is 50.4 Å². The van der Waals surface area contributed by atoms with E-state index in [1.54, 1.807) is 19.2 Å². The molecular formula is C25H33BrClNO6. The quantitative estimate of drug-likeness (QED) is 0.199. The molecule has 2 unspecified atom stereocenters. The summed E-state index contributed by atoms with van der Waals surface area (Å²) in [5.41, 5.74) is 0.876. The zero-order valence-electron chi connectivity index (χ0n) is 20.0. The molecule has 0 bridgehead atoms. The zero-order chi connectivity index (χ0) is 25.1. The molecule has 2 aromatic rings. The highest BCUT2D eigenvalue weighted by molar-refractivity contribution is 9.10. The number of methoxy groups -OCH3 is 1. The van der Waals surface area contributed by atoms with Crippen molar-refractivity contribution < 1.29 is 28.8 Å². The largest absolute Gasteiger partial charge is 0.466 e. The summed E-state index contributed by atoms with van der Waals surface area (Å²) >= 11 is 9.88. The Hall–Kier alpha value is -1.68. The van der Waals surface area contributed by atoms with Crippen molar-refractivity contribution in [2.45, 2.75) is 44.9 Å². The molecule has 2 rings (SSSR count). The average Bonchev–Trinajstić information content (AvgIpc) is 2.76. The minimum absolute atomic E-state index is 0.00568. The number of nitrogens with one attached hydrogen (secondary N) is 1. The molecule has 188 valence electrons. The van der Waals surface area contributed by atoms with Gasteiger partial charge < -0.3 is 29.4 Å². The number of rotatable bonds is 13. The van der Waals surface area contributed by atoms with Crippen molar-refractivity contribution in [1.29, 1.82) is 0 Å². The SMILES string of the molecule is COCCOCOc1c(Br)cc(Cl)cc1C(CC(=O)OC(C)(C)C)NC(CO)c1ccccc1. The summed E-state index contributed by atoms with van der Waals surface area (Å²) in [6, 6.07) is 11.9. The molecule has 0 aliphatic heterocycles. The van der Waals surface area contributed by atoms with Gasteiger partial charge in [0, 0.05) is 23.7 Å². The predicted octanol–water partition coefficient (Wildman–Crippen LogP) is 5.20. The Bertz CT molecular complexity index is 906. The first-order valence-electron chi connectivity index (χ1n) is 11.0. The van der Waals surface area contributed by atoms with Gasteiger partial charge in [-0.15, -0.1) is 0 Å². The molecule has 0 saturated carbocycles. The summed E-state index contributed by atoms with van der Waals surface area (Å²) in [5, 5.41) is 14.0. The third kappa shape index (κ3) is 9.52. The molecule has 7 nitrogen and oxygen atoms in total. The van der Waals surface area contributed by atoms with Crippen LogP contribution < -0.4 is 10.1 Å². The predicted molar refractivity (Wildman–Crippen MR) is 135 cm³/mol. The molecule has 0 heterocycles. The number of hydrogen-bond acceptors (Lipinski definition) is 7. The van der Waals surface area contributed by atoms with E-state index >= 15 is 0 Å². The lowest BCUT2D eigenvalue weighted by molar-refractivity contribution is -0.155. The van der Waals surface area contributed by atoms with Gasteiger partial charge in [-0.2, -0.15) is 0 Å². The summed E-state index contributed by atoms with van der Waals surface area (Å²) in [6.45, 7) is 6.07. The number of halogens is 2. The van der Waals surface area contributed by atoms with Crippen molar-refractivity contribution in [2.75, 3.05) is 33.7 Å². The lowest BCUT2D eigenvalue weighted by atomic mass is 9.99. The maximum Gasteiger partial charge on any atom is 0.308 e. The molecule has 0 amide bonds. The molecule has 0 spiro atoms. The number of aliphatic hydroxyl groups is 1. The fraction of sp³-hybridized carbons (Fsp3) is 0.480. The van der Waals surface area contributed by atoms with E-state index in [4.69, 9.17) is 30.5 Å². The van der Waals surface area contributed by atoms with Crippen molar-refractivity contribution in [2.24, 2.45) is 0 Å². The number of carbonyl (C=O) groups excluding carboxylic acids is 1. The van der Waals surface area contributed by atoms with E-state index in [1.807, 2.05) is 51.1 Å². The van der Waals surface area contributed by atoms with Gasteiger partial charge in [-0.3, -0.25) is 4.79 Å². The maximum atomic E-state index is 12.8. The molecule has 2 N–H and O–H groups in total. The molecule has 9 heteroatoms. The first kappa shape index (κ1) is 28.6. The Kier molecular flexibility index (Phi) is 11.8. The highest BCUT2D eigenvalue weighted by Crippen LogP contribution is 2.38. The fourth-order valence-corrected chi connectivity index (χ4v) is 4.23. The molecule has 2 aromatic carbocycles. The van der Waals surface area contributed by atoms with Crippen LogP contribution >= 0.6 is 27.5 Å².